The molecule has 2 amide bonds. The van der Waals surface area contributed by atoms with Crippen LogP contribution in [-0.2, 0) is 9.53 Å². The van der Waals surface area contributed by atoms with Crippen molar-refractivity contribution in [2.24, 2.45) is 0 Å². The van der Waals surface area contributed by atoms with E-state index in [0.29, 0.717) is 13.1 Å². The zero-order valence-corrected chi connectivity index (χ0v) is 15.4. The van der Waals surface area contributed by atoms with Gasteiger partial charge in [-0.3, -0.25) is 4.79 Å². The third-order valence-electron chi connectivity index (χ3n) is 4.03. The number of hydrogen-bond donors (Lipinski definition) is 1. The average molecular weight is 327 g/mol. The molecular weight excluding hydrogens is 294 g/mol. The van der Waals surface area contributed by atoms with E-state index in [1.165, 1.54) is 0 Å². The predicted octanol–water partition coefficient (Wildman–Crippen LogP) is 2.23. The van der Waals surface area contributed by atoms with E-state index in [1.54, 1.807) is 4.90 Å². The lowest BCUT2D eigenvalue weighted by Crippen LogP contribution is -2.51. The second-order valence-electron chi connectivity index (χ2n) is 7.02. The van der Waals surface area contributed by atoms with Crippen LogP contribution < -0.4 is 5.32 Å². The molecule has 0 spiro atoms. The minimum absolute atomic E-state index is 0.100. The minimum Gasteiger partial charge on any atom is -0.444 e. The van der Waals surface area contributed by atoms with Crippen LogP contribution in [-0.4, -0.2) is 66.2 Å². The molecule has 6 heteroatoms. The fraction of sp³-hybridized carbons (Fsp3) is 0.882. The number of nitrogens with one attached hydrogen (secondary N) is 1. The molecule has 0 radical (unpaired) electrons. The Balaban J connectivity index is 2.49. The molecule has 1 saturated heterocycles. The van der Waals surface area contributed by atoms with E-state index in [0.717, 1.165) is 38.9 Å². The molecule has 1 atom stereocenters. The number of nitrogens with zero attached hydrogens (tertiary/aromatic N) is 2. The van der Waals surface area contributed by atoms with E-state index >= 15 is 0 Å². The average Bonchev–Trinajstić information content (AvgIpc) is 2.47. The maximum atomic E-state index is 12.3. The van der Waals surface area contributed by atoms with Gasteiger partial charge < -0.3 is 19.9 Å². The number of likely N-dealkylation sites (tertiary alicyclic amines) is 1. The second kappa shape index (κ2) is 9.11. The van der Waals surface area contributed by atoms with Crippen molar-refractivity contribution in [3.63, 3.8) is 0 Å². The van der Waals surface area contributed by atoms with Crippen LogP contribution >= 0.6 is 0 Å². The summed E-state index contributed by atoms with van der Waals surface area (Å²) in [5, 5.41) is 3.21. The second-order valence-corrected chi connectivity index (χ2v) is 7.02. The lowest BCUT2D eigenvalue weighted by molar-refractivity contribution is -0.129. The highest BCUT2D eigenvalue weighted by Gasteiger charge is 2.30. The van der Waals surface area contributed by atoms with Gasteiger partial charge >= 0.3 is 6.09 Å². The minimum atomic E-state index is -0.481. The van der Waals surface area contributed by atoms with Gasteiger partial charge in [-0.2, -0.15) is 0 Å². The number of rotatable bonds is 6. The maximum absolute atomic E-state index is 12.3. The predicted molar refractivity (Wildman–Crippen MR) is 91.4 cm³/mol. The summed E-state index contributed by atoms with van der Waals surface area (Å²) in [6.07, 6.45) is 2.81. The highest BCUT2D eigenvalue weighted by Crippen LogP contribution is 2.20. The Kier molecular flexibility index (Phi) is 7.82. The Morgan fingerprint density at radius 2 is 1.87 bits per heavy atom. The molecule has 1 aliphatic rings. The van der Waals surface area contributed by atoms with Gasteiger partial charge in [-0.1, -0.05) is 0 Å². The number of likely N-dealkylation sites (N-methyl/N-ethyl adjacent to an activating group) is 1. The first kappa shape index (κ1) is 19.7. The molecule has 0 aromatic rings. The Bertz CT molecular complexity index is 389. The first-order valence-corrected chi connectivity index (χ1v) is 8.76. The molecule has 1 heterocycles. The molecule has 1 unspecified atom stereocenters. The summed E-state index contributed by atoms with van der Waals surface area (Å²) in [6.45, 7) is 12.7. The largest absolute Gasteiger partial charge is 0.444 e. The molecular formula is C17H33N3O3. The molecule has 1 fully saturated rings. The Morgan fingerprint density at radius 3 is 2.43 bits per heavy atom. The van der Waals surface area contributed by atoms with Crippen molar-refractivity contribution < 1.29 is 14.3 Å². The molecule has 0 aromatic carbocycles. The van der Waals surface area contributed by atoms with Crippen LogP contribution in [0.15, 0.2) is 0 Å². The third kappa shape index (κ3) is 6.77. The topological polar surface area (TPSA) is 61.9 Å². The molecule has 134 valence electrons. The Morgan fingerprint density at radius 1 is 1.22 bits per heavy atom. The standard InChI is InChI=1S/C17H33N3O3/c1-6-19(7-2)15(21)13-18-12-14-10-8-9-11-20(14)16(22)23-17(3,4)5/h14,18H,6-13H2,1-5H3. The fourth-order valence-corrected chi connectivity index (χ4v) is 2.81. The van der Waals surface area contributed by atoms with Crippen LogP contribution in [0.5, 0.6) is 0 Å². The van der Waals surface area contributed by atoms with Crippen molar-refractivity contribution in [2.45, 2.75) is 65.5 Å². The van der Waals surface area contributed by atoms with Crippen LogP contribution in [0, 0.1) is 0 Å². The summed E-state index contributed by atoms with van der Waals surface area (Å²) in [7, 11) is 0. The summed E-state index contributed by atoms with van der Waals surface area (Å²) in [5.74, 6) is 0.106. The smallest absolute Gasteiger partial charge is 0.410 e. The zero-order chi connectivity index (χ0) is 17.5. The van der Waals surface area contributed by atoms with Gasteiger partial charge in [0, 0.05) is 32.2 Å². The summed E-state index contributed by atoms with van der Waals surface area (Å²) in [4.78, 5) is 27.9. The van der Waals surface area contributed by atoms with Crippen molar-refractivity contribution in [1.29, 1.82) is 0 Å². The van der Waals surface area contributed by atoms with Crippen LogP contribution in [0.1, 0.15) is 53.9 Å². The lowest BCUT2D eigenvalue weighted by atomic mass is 10.0. The molecule has 1 aliphatic heterocycles. The molecule has 1 rings (SSSR count). The number of piperidine rings is 1. The lowest BCUT2D eigenvalue weighted by Gasteiger charge is -2.37. The van der Waals surface area contributed by atoms with E-state index in [-0.39, 0.29) is 18.0 Å². The number of hydrogen-bond acceptors (Lipinski definition) is 4. The zero-order valence-electron chi connectivity index (χ0n) is 15.4. The van der Waals surface area contributed by atoms with Crippen LogP contribution in [0.3, 0.4) is 0 Å². The van der Waals surface area contributed by atoms with Gasteiger partial charge in [0.25, 0.3) is 0 Å². The molecule has 0 aromatic heterocycles. The first-order chi connectivity index (χ1) is 10.8. The monoisotopic (exact) mass is 327 g/mol. The van der Waals surface area contributed by atoms with Crippen molar-refractivity contribution in [1.82, 2.24) is 15.1 Å². The third-order valence-corrected chi connectivity index (χ3v) is 4.03. The summed E-state index contributed by atoms with van der Waals surface area (Å²) >= 11 is 0. The number of carbonyl (C=O) groups is 2. The van der Waals surface area contributed by atoms with Crippen LogP contribution in [0.25, 0.3) is 0 Å². The maximum Gasteiger partial charge on any atom is 0.410 e. The normalized spacial score (nSPS) is 18.7. The number of carbonyl (C=O) groups excluding carboxylic acids is 2. The van der Waals surface area contributed by atoms with Crippen molar-refractivity contribution >= 4 is 12.0 Å². The SMILES string of the molecule is CCN(CC)C(=O)CNCC1CCCCN1C(=O)OC(C)(C)C. The fourth-order valence-electron chi connectivity index (χ4n) is 2.81. The molecule has 23 heavy (non-hydrogen) atoms. The van der Waals surface area contributed by atoms with Gasteiger partial charge in [0.2, 0.25) is 5.91 Å². The van der Waals surface area contributed by atoms with Crippen molar-refractivity contribution in [3.05, 3.63) is 0 Å². The number of amides is 2. The van der Waals surface area contributed by atoms with Gasteiger partial charge in [-0.15, -0.1) is 0 Å². The quantitative estimate of drug-likeness (QED) is 0.813. The summed E-state index contributed by atoms with van der Waals surface area (Å²) in [6, 6.07) is 0.100. The van der Waals surface area contributed by atoms with E-state index in [9.17, 15) is 9.59 Å². The molecule has 1 N–H and O–H groups in total. The Labute approximate surface area is 140 Å². The van der Waals surface area contributed by atoms with E-state index < -0.39 is 5.60 Å². The molecule has 0 aliphatic carbocycles. The first-order valence-electron chi connectivity index (χ1n) is 8.76. The van der Waals surface area contributed by atoms with Crippen molar-refractivity contribution in [3.8, 4) is 0 Å². The van der Waals surface area contributed by atoms with Gasteiger partial charge in [-0.25, -0.2) is 4.79 Å². The van der Waals surface area contributed by atoms with Crippen molar-refractivity contribution in [2.75, 3.05) is 32.7 Å². The Hall–Kier alpha value is -1.30. The van der Waals surface area contributed by atoms with Crippen LogP contribution in [0.2, 0.25) is 0 Å². The summed E-state index contributed by atoms with van der Waals surface area (Å²) in [5.41, 5.74) is -0.481. The van der Waals surface area contributed by atoms with Gasteiger partial charge in [0.05, 0.1) is 6.54 Å². The number of ether oxygens (including phenoxy) is 1. The highest BCUT2D eigenvalue weighted by atomic mass is 16.6. The molecule has 0 saturated carbocycles. The highest BCUT2D eigenvalue weighted by molar-refractivity contribution is 5.78. The molecule has 0 bridgehead atoms. The van der Waals surface area contributed by atoms with Gasteiger partial charge in [0.15, 0.2) is 0 Å². The van der Waals surface area contributed by atoms with E-state index in [1.807, 2.05) is 39.5 Å². The van der Waals surface area contributed by atoms with Gasteiger partial charge in [-0.05, 0) is 53.9 Å². The summed E-state index contributed by atoms with van der Waals surface area (Å²) < 4.78 is 5.49. The molecule has 6 nitrogen and oxygen atoms in total. The van der Waals surface area contributed by atoms with E-state index in [2.05, 4.69) is 5.32 Å². The van der Waals surface area contributed by atoms with Gasteiger partial charge in [0.1, 0.15) is 5.60 Å². The van der Waals surface area contributed by atoms with Crippen LogP contribution in [0.4, 0.5) is 4.79 Å². The van der Waals surface area contributed by atoms with E-state index in [4.69, 9.17) is 4.74 Å².